The lowest BCUT2D eigenvalue weighted by Crippen LogP contribution is -1.97. The lowest BCUT2D eigenvalue weighted by atomic mass is 10.1. The van der Waals surface area contributed by atoms with E-state index < -0.39 is 6.10 Å². The third-order valence-corrected chi connectivity index (χ3v) is 3.20. The molecule has 1 atom stereocenters. The van der Waals surface area contributed by atoms with Crippen LogP contribution in [0.3, 0.4) is 0 Å². The maximum absolute atomic E-state index is 9.64. The van der Waals surface area contributed by atoms with Crippen LogP contribution in [0, 0.1) is 11.3 Å². The molecule has 0 aromatic heterocycles. The number of nitriles is 1. The maximum atomic E-state index is 9.64. The Labute approximate surface area is 116 Å². The predicted molar refractivity (Wildman–Crippen MR) is 72.4 cm³/mol. The molecule has 4 heteroatoms. The first-order chi connectivity index (χ1) is 9.76. The van der Waals surface area contributed by atoms with Crippen LogP contribution in [0.25, 0.3) is 0 Å². The van der Waals surface area contributed by atoms with E-state index in [1.165, 1.54) is 0 Å². The van der Waals surface area contributed by atoms with Crippen molar-refractivity contribution in [1.29, 1.82) is 5.26 Å². The summed E-state index contributed by atoms with van der Waals surface area (Å²) in [6.45, 7) is 0.680. The quantitative estimate of drug-likeness (QED) is 0.928. The molecule has 1 N–H and O–H groups in total. The van der Waals surface area contributed by atoms with E-state index in [-0.39, 0.29) is 0 Å². The van der Waals surface area contributed by atoms with Gasteiger partial charge in [0.1, 0.15) is 30.8 Å². The van der Waals surface area contributed by atoms with Gasteiger partial charge in [-0.2, -0.15) is 5.26 Å². The van der Waals surface area contributed by atoms with E-state index in [1.807, 2.05) is 24.3 Å². The van der Waals surface area contributed by atoms with Gasteiger partial charge in [-0.3, -0.25) is 0 Å². The van der Waals surface area contributed by atoms with E-state index >= 15 is 0 Å². The summed E-state index contributed by atoms with van der Waals surface area (Å²) >= 11 is 0. The molecular formula is C16H13NO3. The molecule has 0 fully saturated rings. The van der Waals surface area contributed by atoms with Crippen LogP contribution in [0.1, 0.15) is 22.8 Å². The monoisotopic (exact) mass is 267 g/mol. The Balaban J connectivity index is 1.71. The zero-order valence-corrected chi connectivity index (χ0v) is 10.7. The van der Waals surface area contributed by atoms with Gasteiger partial charge in [0.05, 0.1) is 11.6 Å². The van der Waals surface area contributed by atoms with Crippen molar-refractivity contribution in [2.24, 2.45) is 0 Å². The molecule has 20 heavy (non-hydrogen) atoms. The molecule has 0 aliphatic carbocycles. The Kier molecular flexibility index (Phi) is 3.28. The smallest absolute Gasteiger partial charge is 0.129 e. The van der Waals surface area contributed by atoms with Crippen molar-refractivity contribution in [2.45, 2.75) is 12.7 Å². The minimum Gasteiger partial charge on any atom is -0.490 e. The lowest BCUT2D eigenvalue weighted by molar-refractivity contribution is 0.140. The average molecular weight is 267 g/mol. The fourth-order valence-corrected chi connectivity index (χ4v) is 2.16. The lowest BCUT2D eigenvalue weighted by Gasteiger charge is -2.08. The van der Waals surface area contributed by atoms with Crippen LogP contribution in [-0.2, 0) is 6.61 Å². The molecule has 3 rings (SSSR count). The Morgan fingerprint density at radius 2 is 2.20 bits per heavy atom. The van der Waals surface area contributed by atoms with E-state index in [0.29, 0.717) is 30.3 Å². The predicted octanol–water partition coefficient (Wildman–Crippen LogP) is 2.56. The highest BCUT2D eigenvalue weighted by atomic mass is 16.5. The Morgan fingerprint density at radius 3 is 3.05 bits per heavy atom. The first kappa shape index (κ1) is 12.5. The largest absolute Gasteiger partial charge is 0.490 e. The molecule has 1 aliphatic rings. The molecule has 1 heterocycles. The van der Waals surface area contributed by atoms with Gasteiger partial charge in [-0.1, -0.05) is 12.1 Å². The number of aliphatic hydroxyl groups excluding tert-OH is 1. The fourth-order valence-electron chi connectivity index (χ4n) is 2.16. The molecule has 2 aromatic rings. The van der Waals surface area contributed by atoms with Crippen LogP contribution in [-0.4, -0.2) is 11.7 Å². The second kappa shape index (κ2) is 5.24. The van der Waals surface area contributed by atoms with Crippen LogP contribution >= 0.6 is 0 Å². The summed E-state index contributed by atoms with van der Waals surface area (Å²) < 4.78 is 11.0. The molecule has 4 nitrogen and oxygen atoms in total. The molecular weight excluding hydrogens is 254 g/mol. The number of benzene rings is 2. The van der Waals surface area contributed by atoms with E-state index in [0.717, 1.165) is 11.1 Å². The van der Waals surface area contributed by atoms with Gasteiger partial charge >= 0.3 is 0 Å². The fraction of sp³-hybridized carbons (Fsp3) is 0.188. The van der Waals surface area contributed by atoms with Gasteiger partial charge in [0, 0.05) is 11.6 Å². The van der Waals surface area contributed by atoms with Crippen molar-refractivity contribution >= 4 is 0 Å². The summed E-state index contributed by atoms with van der Waals surface area (Å²) in [5, 5.41) is 18.5. The first-order valence-corrected chi connectivity index (χ1v) is 6.33. The molecule has 1 unspecified atom stereocenters. The van der Waals surface area contributed by atoms with Gasteiger partial charge < -0.3 is 14.6 Å². The van der Waals surface area contributed by atoms with E-state index in [1.54, 1.807) is 18.2 Å². The standard InChI is InChI=1S/C16H13NO3/c17-8-11-2-1-3-12(6-11)9-19-13-4-5-14-15(18)10-20-16(14)7-13/h1-7,15,18H,9-10H2. The van der Waals surface area contributed by atoms with Crippen molar-refractivity contribution in [3.8, 4) is 17.6 Å². The van der Waals surface area contributed by atoms with Gasteiger partial charge in [-0.15, -0.1) is 0 Å². The summed E-state index contributed by atoms with van der Waals surface area (Å²) in [7, 11) is 0. The van der Waals surface area contributed by atoms with Gasteiger partial charge in [0.15, 0.2) is 0 Å². The highest BCUT2D eigenvalue weighted by molar-refractivity contribution is 5.44. The van der Waals surface area contributed by atoms with Crippen LogP contribution < -0.4 is 9.47 Å². The zero-order valence-electron chi connectivity index (χ0n) is 10.7. The number of ether oxygens (including phenoxy) is 2. The van der Waals surface area contributed by atoms with E-state index in [2.05, 4.69) is 6.07 Å². The van der Waals surface area contributed by atoms with Gasteiger partial charge in [0.2, 0.25) is 0 Å². The second-order valence-corrected chi connectivity index (χ2v) is 4.63. The van der Waals surface area contributed by atoms with Gasteiger partial charge in [0.25, 0.3) is 0 Å². The Bertz CT molecular complexity index is 676. The van der Waals surface area contributed by atoms with Crippen LogP contribution in [0.15, 0.2) is 42.5 Å². The second-order valence-electron chi connectivity index (χ2n) is 4.63. The Morgan fingerprint density at radius 1 is 1.30 bits per heavy atom. The highest BCUT2D eigenvalue weighted by Crippen LogP contribution is 2.35. The summed E-state index contributed by atoms with van der Waals surface area (Å²) in [5.41, 5.74) is 2.35. The van der Waals surface area contributed by atoms with Crippen molar-refractivity contribution in [1.82, 2.24) is 0 Å². The van der Waals surface area contributed by atoms with E-state index in [4.69, 9.17) is 14.7 Å². The molecule has 0 bridgehead atoms. The molecule has 0 saturated carbocycles. The minimum atomic E-state index is -0.550. The van der Waals surface area contributed by atoms with Crippen molar-refractivity contribution in [3.05, 3.63) is 59.2 Å². The molecule has 0 spiro atoms. The highest BCUT2D eigenvalue weighted by Gasteiger charge is 2.21. The zero-order chi connectivity index (χ0) is 13.9. The summed E-state index contributed by atoms with van der Waals surface area (Å²) in [6, 6.07) is 14.8. The number of hydrogen-bond acceptors (Lipinski definition) is 4. The average Bonchev–Trinajstić information content (AvgIpc) is 2.86. The maximum Gasteiger partial charge on any atom is 0.129 e. The van der Waals surface area contributed by atoms with Crippen LogP contribution in [0.5, 0.6) is 11.5 Å². The van der Waals surface area contributed by atoms with Crippen molar-refractivity contribution in [2.75, 3.05) is 6.61 Å². The van der Waals surface area contributed by atoms with Crippen molar-refractivity contribution < 1.29 is 14.6 Å². The molecule has 2 aromatic carbocycles. The number of fused-ring (bicyclic) bond motifs is 1. The van der Waals surface area contributed by atoms with Crippen LogP contribution in [0.4, 0.5) is 0 Å². The topological polar surface area (TPSA) is 62.5 Å². The number of rotatable bonds is 3. The minimum absolute atomic E-state index is 0.295. The summed E-state index contributed by atoms with van der Waals surface area (Å²) in [5.74, 6) is 1.35. The van der Waals surface area contributed by atoms with Crippen molar-refractivity contribution in [3.63, 3.8) is 0 Å². The SMILES string of the molecule is N#Cc1cccc(COc2ccc3c(c2)OCC3O)c1. The third-order valence-electron chi connectivity index (χ3n) is 3.20. The van der Waals surface area contributed by atoms with Gasteiger partial charge in [-0.25, -0.2) is 0 Å². The third kappa shape index (κ3) is 2.44. The molecule has 0 amide bonds. The molecule has 1 aliphatic heterocycles. The first-order valence-electron chi connectivity index (χ1n) is 6.33. The molecule has 0 saturated heterocycles. The van der Waals surface area contributed by atoms with Crippen LogP contribution in [0.2, 0.25) is 0 Å². The molecule has 100 valence electrons. The van der Waals surface area contributed by atoms with Gasteiger partial charge in [-0.05, 0) is 29.8 Å². The molecule has 0 radical (unpaired) electrons. The number of aliphatic hydroxyl groups is 1. The normalized spacial score (nSPS) is 16.1. The number of hydrogen-bond donors (Lipinski definition) is 1. The number of nitrogens with zero attached hydrogens (tertiary/aromatic N) is 1. The summed E-state index contributed by atoms with van der Waals surface area (Å²) in [6.07, 6.45) is -0.550. The Hall–Kier alpha value is -2.51. The van der Waals surface area contributed by atoms with E-state index in [9.17, 15) is 5.11 Å². The summed E-state index contributed by atoms with van der Waals surface area (Å²) in [4.78, 5) is 0.